The zero-order chi connectivity index (χ0) is 20.4. The summed E-state index contributed by atoms with van der Waals surface area (Å²) in [6.07, 6.45) is 7.58. The first-order chi connectivity index (χ1) is 14.1. The third-order valence-electron chi connectivity index (χ3n) is 5.08. The molecular weight excluding hydrogens is 358 g/mol. The minimum absolute atomic E-state index is 0.276. The van der Waals surface area contributed by atoms with Gasteiger partial charge in [0.05, 0.1) is 5.52 Å². The van der Waals surface area contributed by atoms with E-state index < -0.39 is 5.97 Å². The summed E-state index contributed by atoms with van der Waals surface area (Å²) in [5, 5.41) is 11.6. The van der Waals surface area contributed by atoms with E-state index in [1.54, 1.807) is 19.1 Å². The summed E-state index contributed by atoms with van der Waals surface area (Å²) in [5.74, 6) is -0.935. The molecule has 0 fully saturated rings. The zero-order valence-electron chi connectivity index (χ0n) is 16.1. The number of hydrogen-bond acceptors (Lipinski definition) is 1. The van der Waals surface area contributed by atoms with Crippen molar-refractivity contribution in [2.75, 3.05) is 0 Å². The highest BCUT2D eigenvalue weighted by Crippen LogP contribution is 2.34. The van der Waals surface area contributed by atoms with Crippen molar-refractivity contribution < 1.29 is 9.90 Å². The second-order valence-electron chi connectivity index (χ2n) is 6.97. The fraction of sp³-hybridized carbons (Fsp3) is 0.0385. The van der Waals surface area contributed by atoms with Crippen LogP contribution >= 0.6 is 0 Å². The largest absolute Gasteiger partial charge is 0.478 e. The maximum Gasteiger partial charge on any atom is 0.331 e. The first kappa shape index (κ1) is 18.5. The van der Waals surface area contributed by atoms with Crippen molar-refractivity contribution >= 4 is 52.1 Å². The molecule has 1 aromatic heterocycles. The second kappa shape index (κ2) is 7.64. The Morgan fingerprint density at radius 1 is 0.966 bits per heavy atom. The minimum Gasteiger partial charge on any atom is -0.478 e. The molecule has 0 aliphatic carbocycles. The molecule has 0 aliphatic heterocycles. The van der Waals surface area contributed by atoms with Gasteiger partial charge in [-0.3, -0.25) is 0 Å². The first-order valence-corrected chi connectivity index (χ1v) is 9.43. The van der Waals surface area contributed by atoms with E-state index in [0.29, 0.717) is 0 Å². The lowest BCUT2D eigenvalue weighted by Crippen LogP contribution is -1.97. The Morgan fingerprint density at radius 2 is 1.69 bits per heavy atom. The van der Waals surface area contributed by atoms with Crippen molar-refractivity contribution in [2.45, 2.75) is 6.92 Å². The second-order valence-corrected chi connectivity index (χ2v) is 6.97. The minimum atomic E-state index is -0.935. The third kappa shape index (κ3) is 3.50. The molecule has 0 amide bonds. The molecule has 1 heterocycles. The van der Waals surface area contributed by atoms with Crippen LogP contribution < -0.4 is 0 Å². The molecule has 3 aromatic carbocycles. The van der Waals surface area contributed by atoms with Crippen LogP contribution in [0.1, 0.15) is 29.2 Å². The molecule has 0 saturated carbocycles. The number of aromatic nitrogens is 1. The molecule has 0 unspecified atom stereocenters. The zero-order valence-corrected chi connectivity index (χ0v) is 16.1. The molecule has 0 atom stereocenters. The Balaban J connectivity index is 2.06. The number of rotatable bonds is 5. The van der Waals surface area contributed by atoms with E-state index in [9.17, 15) is 9.90 Å². The lowest BCUT2D eigenvalue weighted by molar-refractivity contribution is -0.132. The van der Waals surface area contributed by atoms with Crippen LogP contribution in [0.5, 0.6) is 0 Å². The van der Waals surface area contributed by atoms with E-state index in [4.69, 9.17) is 0 Å². The maximum absolute atomic E-state index is 11.5. The molecule has 0 saturated heterocycles. The summed E-state index contributed by atoms with van der Waals surface area (Å²) < 4.78 is 0. The first-order valence-electron chi connectivity index (χ1n) is 9.43. The molecule has 3 nitrogen and oxygen atoms in total. The molecule has 0 aliphatic rings. The van der Waals surface area contributed by atoms with Crippen LogP contribution in [-0.2, 0) is 4.79 Å². The molecule has 142 valence electrons. The molecule has 0 bridgehead atoms. The predicted octanol–water partition coefficient (Wildman–Crippen LogP) is 6.62. The molecule has 4 rings (SSSR count). The highest BCUT2D eigenvalue weighted by Gasteiger charge is 2.14. The van der Waals surface area contributed by atoms with Gasteiger partial charge in [-0.05, 0) is 41.8 Å². The number of aromatic amines is 1. The SMILES string of the molecule is C=Cc1cc2c([nH]c3ccccc32)c(C=Cc2ccccc2)c1C=C(C)C(=O)O. The number of nitrogens with one attached hydrogen (secondary N) is 1. The highest BCUT2D eigenvalue weighted by molar-refractivity contribution is 6.12. The number of fused-ring (bicyclic) bond motifs is 3. The van der Waals surface area contributed by atoms with E-state index in [2.05, 4.69) is 23.7 Å². The summed E-state index contributed by atoms with van der Waals surface area (Å²) in [7, 11) is 0. The van der Waals surface area contributed by atoms with Gasteiger partial charge in [0.1, 0.15) is 0 Å². The normalized spacial score (nSPS) is 12.1. The van der Waals surface area contributed by atoms with Crippen molar-refractivity contribution in [3.05, 3.63) is 95.1 Å². The predicted molar refractivity (Wildman–Crippen MR) is 123 cm³/mol. The summed E-state index contributed by atoms with van der Waals surface area (Å²) >= 11 is 0. The molecule has 3 heteroatoms. The van der Waals surface area contributed by atoms with Gasteiger partial charge in [-0.15, -0.1) is 0 Å². The van der Waals surface area contributed by atoms with Crippen LogP contribution in [0, 0.1) is 0 Å². The number of carboxylic acids is 1. The lowest BCUT2D eigenvalue weighted by atomic mass is 9.94. The maximum atomic E-state index is 11.5. The van der Waals surface area contributed by atoms with Gasteiger partial charge in [0, 0.05) is 27.4 Å². The van der Waals surface area contributed by atoms with Crippen molar-refractivity contribution in [3.63, 3.8) is 0 Å². The topological polar surface area (TPSA) is 53.1 Å². The number of carbonyl (C=O) groups is 1. The standard InChI is InChI=1S/C26H21NO2/c1-3-19-16-23-20-11-7-8-12-24(20)27-25(23)21(22(19)15-17(2)26(28)29)14-13-18-9-5-4-6-10-18/h3-16,27H,1H2,2H3,(H,28,29). The number of aliphatic carboxylic acids is 1. The third-order valence-corrected chi connectivity index (χ3v) is 5.08. The Morgan fingerprint density at radius 3 is 2.41 bits per heavy atom. The molecule has 4 aromatic rings. The average molecular weight is 379 g/mol. The van der Waals surface area contributed by atoms with Crippen LogP contribution in [0.3, 0.4) is 0 Å². The lowest BCUT2D eigenvalue weighted by Gasteiger charge is -2.10. The van der Waals surface area contributed by atoms with Crippen LogP contribution in [-0.4, -0.2) is 16.1 Å². The Bertz CT molecular complexity index is 1290. The van der Waals surface area contributed by atoms with Crippen LogP contribution in [0.4, 0.5) is 0 Å². The van der Waals surface area contributed by atoms with Crippen LogP contribution in [0.2, 0.25) is 0 Å². The average Bonchev–Trinajstić information content (AvgIpc) is 3.11. The molecule has 0 spiro atoms. The summed E-state index contributed by atoms with van der Waals surface area (Å²) in [5.41, 5.74) is 6.06. The van der Waals surface area contributed by atoms with E-state index in [1.165, 1.54) is 0 Å². The number of H-pyrrole nitrogens is 1. The molecule has 0 radical (unpaired) electrons. The van der Waals surface area contributed by atoms with Crippen molar-refractivity contribution in [1.29, 1.82) is 0 Å². The van der Waals surface area contributed by atoms with Gasteiger partial charge in [0.2, 0.25) is 0 Å². The monoisotopic (exact) mass is 379 g/mol. The van der Waals surface area contributed by atoms with E-state index in [1.807, 2.05) is 60.7 Å². The smallest absolute Gasteiger partial charge is 0.331 e. The summed E-state index contributed by atoms with van der Waals surface area (Å²) in [4.78, 5) is 15.0. The van der Waals surface area contributed by atoms with Crippen molar-refractivity contribution in [3.8, 4) is 0 Å². The van der Waals surface area contributed by atoms with Gasteiger partial charge < -0.3 is 10.1 Å². The molecular formula is C26H21NO2. The van der Waals surface area contributed by atoms with Gasteiger partial charge in [-0.1, -0.05) is 73.3 Å². The summed E-state index contributed by atoms with van der Waals surface area (Å²) in [6.45, 7) is 5.57. The Labute approximate surface area is 169 Å². The molecule has 29 heavy (non-hydrogen) atoms. The van der Waals surface area contributed by atoms with E-state index >= 15 is 0 Å². The van der Waals surface area contributed by atoms with Gasteiger partial charge in [-0.2, -0.15) is 0 Å². The van der Waals surface area contributed by atoms with Crippen LogP contribution in [0.25, 0.3) is 46.1 Å². The quantitative estimate of drug-likeness (QED) is 0.302. The number of carboxylic acid groups (broad SMARTS) is 1. The summed E-state index contributed by atoms with van der Waals surface area (Å²) in [6, 6.07) is 20.3. The Kier molecular flexibility index (Phi) is 4.88. The molecule has 2 N–H and O–H groups in total. The van der Waals surface area contributed by atoms with Crippen LogP contribution in [0.15, 0.2) is 72.8 Å². The Hall–Kier alpha value is -3.85. The number of hydrogen-bond donors (Lipinski definition) is 2. The number of para-hydroxylation sites is 1. The fourth-order valence-corrected chi connectivity index (χ4v) is 3.57. The van der Waals surface area contributed by atoms with E-state index in [-0.39, 0.29) is 5.57 Å². The van der Waals surface area contributed by atoms with Gasteiger partial charge in [0.15, 0.2) is 0 Å². The fourth-order valence-electron chi connectivity index (χ4n) is 3.57. The number of benzene rings is 3. The van der Waals surface area contributed by atoms with Gasteiger partial charge >= 0.3 is 5.97 Å². The highest BCUT2D eigenvalue weighted by atomic mass is 16.4. The van der Waals surface area contributed by atoms with Gasteiger partial charge in [-0.25, -0.2) is 4.79 Å². The van der Waals surface area contributed by atoms with Gasteiger partial charge in [0.25, 0.3) is 0 Å². The van der Waals surface area contributed by atoms with E-state index in [0.717, 1.165) is 44.1 Å². The van der Waals surface area contributed by atoms with Crippen molar-refractivity contribution in [2.24, 2.45) is 0 Å². The van der Waals surface area contributed by atoms with Crippen molar-refractivity contribution in [1.82, 2.24) is 4.98 Å².